The molecule has 0 bridgehead atoms. The quantitative estimate of drug-likeness (QED) is 0.689. The third kappa shape index (κ3) is 3.35. The summed E-state index contributed by atoms with van der Waals surface area (Å²) in [5.74, 6) is -0.761. The topological polar surface area (TPSA) is 55.4 Å². The van der Waals surface area contributed by atoms with Gasteiger partial charge in [-0.1, -0.05) is 30.3 Å². The van der Waals surface area contributed by atoms with Crippen LogP contribution in [0.4, 0.5) is 5.69 Å². The second kappa shape index (κ2) is 6.92. The molecule has 1 atom stereocenters. The molecule has 0 unspecified atom stereocenters. The largest absolute Gasteiger partial charge is 0.448 e. The van der Waals surface area contributed by atoms with Gasteiger partial charge in [-0.3, -0.25) is 4.79 Å². The van der Waals surface area contributed by atoms with Gasteiger partial charge >= 0.3 is 5.97 Å². The van der Waals surface area contributed by atoms with E-state index in [-0.39, 0.29) is 5.91 Å². The number of fused-ring (bicyclic) bond motifs is 2. The van der Waals surface area contributed by atoms with Crippen LogP contribution in [0, 0.1) is 0 Å². The molecule has 1 N–H and O–H groups in total. The summed E-state index contributed by atoms with van der Waals surface area (Å²) in [4.78, 5) is 26.5. The van der Waals surface area contributed by atoms with Crippen LogP contribution in [0.3, 0.4) is 0 Å². The predicted molar refractivity (Wildman–Crippen MR) is 104 cm³/mol. The molecule has 0 fully saturated rings. The van der Waals surface area contributed by atoms with Gasteiger partial charge in [0.2, 0.25) is 0 Å². The molecule has 3 aromatic rings. The number of carbonyl (C=O) groups excluding carboxylic acids is 2. The second-order valence-corrected chi connectivity index (χ2v) is 7.65. The molecule has 1 aliphatic carbocycles. The van der Waals surface area contributed by atoms with Gasteiger partial charge in [0, 0.05) is 10.6 Å². The van der Waals surface area contributed by atoms with Crippen LogP contribution < -0.4 is 5.32 Å². The van der Waals surface area contributed by atoms with Crippen LogP contribution in [0.1, 0.15) is 33.5 Å². The number of ether oxygens (including phenoxy) is 1. The molecule has 2 aromatic carbocycles. The Morgan fingerprint density at radius 2 is 1.88 bits per heavy atom. The summed E-state index contributed by atoms with van der Waals surface area (Å²) in [5, 5.41) is 4.97. The number of thiophene rings is 1. The van der Waals surface area contributed by atoms with Gasteiger partial charge < -0.3 is 10.1 Å². The normalized spacial score (nSPS) is 14.0. The Morgan fingerprint density at radius 1 is 1.08 bits per heavy atom. The van der Waals surface area contributed by atoms with Crippen molar-refractivity contribution < 1.29 is 14.3 Å². The fourth-order valence-corrected chi connectivity index (χ4v) is 4.35. The van der Waals surface area contributed by atoms with Crippen molar-refractivity contribution in [1.29, 1.82) is 0 Å². The van der Waals surface area contributed by atoms with Crippen molar-refractivity contribution >= 4 is 39.7 Å². The average molecular weight is 365 g/mol. The highest BCUT2D eigenvalue weighted by molar-refractivity contribution is 7.14. The molecule has 1 aliphatic rings. The van der Waals surface area contributed by atoms with E-state index in [0.717, 1.165) is 30.0 Å². The van der Waals surface area contributed by atoms with Crippen LogP contribution in [0.25, 0.3) is 10.8 Å². The molecule has 26 heavy (non-hydrogen) atoms. The maximum Gasteiger partial charge on any atom is 0.349 e. The summed E-state index contributed by atoms with van der Waals surface area (Å²) in [6, 6.07) is 15.6. The van der Waals surface area contributed by atoms with E-state index < -0.39 is 12.1 Å². The number of esters is 1. The summed E-state index contributed by atoms with van der Waals surface area (Å²) in [6.07, 6.45) is 2.36. The molecule has 0 saturated carbocycles. The number of hydrogen-bond donors (Lipinski definition) is 1. The van der Waals surface area contributed by atoms with Gasteiger partial charge in [0.05, 0.1) is 0 Å². The zero-order valence-corrected chi connectivity index (χ0v) is 15.3. The predicted octanol–water partition coefficient (Wildman–Crippen LogP) is 4.57. The molecule has 1 heterocycles. The van der Waals surface area contributed by atoms with E-state index in [4.69, 9.17) is 4.74 Å². The highest BCUT2D eigenvalue weighted by Gasteiger charge is 2.23. The van der Waals surface area contributed by atoms with E-state index in [9.17, 15) is 9.59 Å². The first-order valence-corrected chi connectivity index (χ1v) is 9.54. The molecule has 4 rings (SSSR count). The first-order valence-electron chi connectivity index (χ1n) is 8.72. The van der Waals surface area contributed by atoms with Crippen molar-refractivity contribution in [1.82, 2.24) is 0 Å². The molecule has 0 aliphatic heterocycles. The van der Waals surface area contributed by atoms with Crippen LogP contribution in [0.15, 0.2) is 48.5 Å². The SMILES string of the molecule is C[C@H](OC(=O)c1cc2c(s1)CCC2)C(=O)Nc1ccc2ccccc2c1. The summed E-state index contributed by atoms with van der Waals surface area (Å²) in [5.41, 5.74) is 1.93. The van der Waals surface area contributed by atoms with Crippen LogP contribution in [0.2, 0.25) is 0 Å². The molecule has 0 radical (unpaired) electrons. The van der Waals surface area contributed by atoms with Gasteiger partial charge in [-0.15, -0.1) is 11.3 Å². The lowest BCUT2D eigenvalue weighted by molar-refractivity contribution is -0.123. The highest BCUT2D eigenvalue weighted by atomic mass is 32.1. The number of amides is 1. The summed E-state index contributed by atoms with van der Waals surface area (Å²) >= 11 is 1.48. The lowest BCUT2D eigenvalue weighted by Crippen LogP contribution is -2.29. The van der Waals surface area contributed by atoms with E-state index in [1.807, 2.05) is 48.5 Å². The maximum atomic E-state index is 12.4. The molecule has 4 nitrogen and oxygen atoms in total. The highest BCUT2D eigenvalue weighted by Crippen LogP contribution is 2.31. The van der Waals surface area contributed by atoms with Crippen LogP contribution in [0.5, 0.6) is 0 Å². The summed E-state index contributed by atoms with van der Waals surface area (Å²) < 4.78 is 5.35. The van der Waals surface area contributed by atoms with Gasteiger partial charge in [-0.25, -0.2) is 4.79 Å². The first kappa shape index (κ1) is 16.8. The molecule has 0 saturated heterocycles. The van der Waals surface area contributed by atoms with Crippen molar-refractivity contribution in [2.45, 2.75) is 32.3 Å². The monoisotopic (exact) mass is 365 g/mol. The van der Waals surface area contributed by atoms with Crippen molar-refractivity contribution in [3.63, 3.8) is 0 Å². The van der Waals surface area contributed by atoms with E-state index in [2.05, 4.69) is 5.32 Å². The van der Waals surface area contributed by atoms with Crippen molar-refractivity contribution in [3.8, 4) is 0 Å². The molecule has 5 heteroatoms. The zero-order chi connectivity index (χ0) is 18.1. The van der Waals surface area contributed by atoms with Crippen LogP contribution >= 0.6 is 11.3 Å². The van der Waals surface area contributed by atoms with Gasteiger partial charge in [0.15, 0.2) is 6.10 Å². The smallest absolute Gasteiger partial charge is 0.349 e. The Hall–Kier alpha value is -2.66. The average Bonchev–Trinajstić information content (AvgIpc) is 3.23. The fourth-order valence-electron chi connectivity index (χ4n) is 3.21. The van der Waals surface area contributed by atoms with Gasteiger partial charge in [-0.2, -0.15) is 0 Å². The Bertz CT molecular complexity index is 970. The van der Waals surface area contributed by atoms with Crippen molar-refractivity contribution in [2.24, 2.45) is 0 Å². The minimum absolute atomic E-state index is 0.335. The molecule has 0 spiro atoms. The number of hydrogen-bond acceptors (Lipinski definition) is 4. The molecular weight excluding hydrogens is 346 g/mol. The Kier molecular flexibility index (Phi) is 4.47. The number of aryl methyl sites for hydroxylation is 2. The zero-order valence-electron chi connectivity index (χ0n) is 14.5. The molecular formula is C21H19NO3S. The van der Waals surface area contributed by atoms with E-state index >= 15 is 0 Å². The van der Waals surface area contributed by atoms with Crippen LogP contribution in [-0.2, 0) is 22.4 Å². The molecule has 1 amide bonds. The van der Waals surface area contributed by atoms with Crippen molar-refractivity contribution in [2.75, 3.05) is 5.32 Å². The third-order valence-electron chi connectivity index (χ3n) is 4.62. The summed E-state index contributed by atoms with van der Waals surface area (Å²) in [6.45, 7) is 1.59. The Labute approximate surface area is 155 Å². The number of rotatable bonds is 4. The number of anilines is 1. The van der Waals surface area contributed by atoms with E-state index in [1.54, 1.807) is 6.92 Å². The van der Waals surface area contributed by atoms with Gasteiger partial charge in [-0.05, 0) is 60.7 Å². The minimum atomic E-state index is -0.856. The molecule has 1 aromatic heterocycles. The minimum Gasteiger partial charge on any atom is -0.448 e. The summed E-state index contributed by atoms with van der Waals surface area (Å²) in [7, 11) is 0. The Balaban J connectivity index is 1.40. The van der Waals surface area contributed by atoms with Gasteiger partial charge in [0.1, 0.15) is 4.88 Å². The number of nitrogens with one attached hydrogen (secondary N) is 1. The van der Waals surface area contributed by atoms with E-state index in [1.165, 1.54) is 21.8 Å². The fraction of sp³-hybridized carbons (Fsp3) is 0.238. The van der Waals surface area contributed by atoms with Crippen LogP contribution in [-0.4, -0.2) is 18.0 Å². The van der Waals surface area contributed by atoms with E-state index in [0.29, 0.717) is 10.6 Å². The lowest BCUT2D eigenvalue weighted by atomic mass is 10.1. The van der Waals surface area contributed by atoms with Crippen molar-refractivity contribution in [3.05, 3.63) is 63.8 Å². The third-order valence-corrected chi connectivity index (χ3v) is 5.83. The molecule has 132 valence electrons. The first-order chi connectivity index (χ1) is 12.6. The standard InChI is InChI=1S/C21H19NO3S/c1-13(25-21(24)19-12-16-7-4-8-18(16)26-19)20(23)22-17-10-9-14-5-2-3-6-15(14)11-17/h2-3,5-6,9-13H,4,7-8H2,1H3,(H,22,23)/t13-/m0/s1. The lowest BCUT2D eigenvalue weighted by Gasteiger charge is -2.13. The number of carbonyl (C=O) groups is 2. The second-order valence-electron chi connectivity index (χ2n) is 6.51. The van der Waals surface area contributed by atoms with Gasteiger partial charge in [0.25, 0.3) is 5.91 Å². The maximum absolute atomic E-state index is 12.4. The number of benzene rings is 2. The Morgan fingerprint density at radius 3 is 2.69 bits per heavy atom.